The number of hydrogen-bond acceptors (Lipinski definition) is 6. The first kappa shape index (κ1) is 39.1. The lowest BCUT2D eigenvalue weighted by molar-refractivity contribution is -0.117. The van der Waals surface area contributed by atoms with Crippen molar-refractivity contribution in [2.75, 3.05) is 6.61 Å². The third-order valence-corrected chi connectivity index (χ3v) is 14.7. The first-order chi connectivity index (χ1) is 24.8. The molecule has 4 aromatic carbocycles. The lowest BCUT2D eigenvalue weighted by Gasteiger charge is -2.44. The summed E-state index contributed by atoms with van der Waals surface area (Å²) in [7, 11) is -3.03. The third kappa shape index (κ3) is 9.47. The summed E-state index contributed by atoms with van der Waals surface area (Å²) in [6.45, 7) is 14.7. The zero-order valence-corrected chi connectivity index (χ0v) is 32.8. The van der Waals surface area contributed by atoms with Gasteiger partial charge in [-0.15, -0.1) is 0 Å². The van der Waals surface area contributed by atoms with Crippen LogP contribution in [-0.2, 0) is 36.6 Å². The topological polar surface area (TPSA) is 74.3 Å². The van der Waals surface area contributed by atoms with E-state index in [1.165, 1.54) is 0 Å². The number of ketones is 1. The van der Waals surface area contributed by atoms with Gasteiger partial charge in [-0.05, 0) is 60.7 Å². The van der Waals surface area contributed by atoms with E-state index >= 15 is 0 Å². The first-order valence-corrected chi connectivity index (χ1v) is 20.3. The molecule has 0 N–H and O–H groups in total. The average Bonchev–Trinajstić information content (AvgIpc) is 3.41. The van der Waals surface area contributed by atoms with Gasteiger partial charge in [0.25, 0.3) is 8.32 Å². The molecular formula is C44H55NO6Si. The van der Waals surface area contributed by atoms with Gasteiger partial charge in [-0.25, -0.2) is 4.79 Å². The van der Waals surface area contributed by atoms with Crippen LogP contribution in [0.1, 0.15) is 72.4 Å². The van der Waals surface area contributed by atoms with Crippen LogP contribution in [0.15, 0.2) is 121 Å². The maximum atomic E-state index is 14.5. The van der Waals surface area contributed by atoms with E-state index in [0.29, 0.717) is 19.6 Å². The molecule has 0 spiro atoms. The van der Waals surface area contributed by atoms with Crippen molar-refractivity contribution in [3.63, 3.8) is 0 Å². The Morgan fingerprint density at radius 1 is 0.635 bits per heavy atom. The highest BCUT2D eigenvalue weighted by molar-refractivity contribution is 6.99. The van der Waals surface area contributed by atoms with Crippen molar-refractivity contribution in [2.24, 2.45) is 0 Å². The largest absolute Gasteiger partial charge is 0.444 e. The van der Waals surface area contributed by atoms with Crippen LogP contribution in [0.4, 0.5) is 4.79 Å². The van der Waals surface area contributed by atoms with Crippen LogP contribution >= 0.6 is 0 Å². The van der Waals surface area contributed by atoms with Crippen molar-refractivity contribution >= 4 is 30.6 Å². The van der Waals surface area contributed by atoms with Crippen molar-refractivity contribution in [1.29, 1.82) is 0 Å². The lowest BCUT2D eigenvalue weighted by atomic mass is 10.0. The van der Waals surface area contributed by atoms with Gasteiger partial charge in [-0.1, -0.05) is 142 Å². The van der Waals surface area contributed by atoms with E-state index in [2.05, 4.69) is 69.3 Å². The number of hydrogen-bond donors (Lipinski definition) is 0. The Bertz CT molecular complexity index is 1670. The van der Waals surface area contributed by atoms with Gasteiger partial charge in [0.05, 0.1) is 31.9 Å². The Hall–Kier alpha value is -4.08. The summed E-state index contributed by atoms with van der Waals surface area (Å²) < 4.78 is 27.3. The van der Waals surface area contributed by atoms with E-state index < -0.39 is 44.3 Å². The number of amides is 1. The minimum absolute atomic E-state index is 0.0414. The minimum Gasteiger partial charge on any atom is -0.444 e. The minimum atomic E-state index is -3.03. The Labute approximate surface area is 311 Å². The average molecular weight is 722 g/mol. The summed E-state index contributed by atoms with van der Waals surface area (Å²) >= 11 is 0. The Morgan fingerprint density at radius 3 is 1.46 bits per heavy atom. The molecule has 0 saturated carbocycles. The second-order valence-corrected chi connectivity index (χ2v) is 20.1. The molecule has 0 radical (unpaired) electrons. The molecule has 0 aromatic heterocycles. The van der Waals surface area contributed by atoms with Gasteiger partial charge < -0.3 is 23.4 Å². The number of benzene rings is 4. The number of likely N-dealkylation sites (tertiary alicyclic amines) is 1. The second-order valence-electron chi connectivity index (χ2n) is 15.8. The Morgan fingerprint density at radius 2 is 1.06 bits per heavy atom. The number of carbonyl (C=O) groups excluding carboxylic acids is 2. The van der Waals surface area contributed by atoms with Crippen LogP contribution in [0.5, 0.6) is 0 Å². The van der Waals surface area contributed by atoms with Crippen molar-refractivity contribution in [3.8, 4) is 0 Å². The summed E-state index contributed by atoms with van der Waals surface area (Å²) in [5, 5.41) is 1.99. The molecular weight excluding hydrogens is 667 g/mol. The molecule has 7 nitrogen and oxygen atoms in total. The van der Waals surface area contributed by atoms with E-state index in [1.807, 2.05) is 93.6 Å². The number of ether oxygens (including phenoxy) is 3. The highest BCUT2D eigenvalue weighted by Crippen LogP contribution is 2.40. The molecule has 4 atom stereocenters. The Balaban J connectivity index is 1.64. The second kappa shape index (κ2) is 17.2. The van der Waals surface area contributed by atoms with Gasteiger partial charge in [0, 0.05) is 6.42 Å². The fraction of sp³-hybridized carbons (Fsp3) is 0.409. The van der Waals surface area contributed by atoms with E-state index in [4.69, 9.17) is 18.6 Å². The summed E-state index contributed by atoms with van der Waals surface area (Å²) in [6.07, 6.45) is -0.955. The maximum Gasteiger partial charge on any atom is 0.411 e. The molecule has 1 amide bonds. The van der Waals surface area contributed by atoms with Crippen LogP contribution in [-0.4, -0.2) is 61.6 Å². The van der Waals surface area contributed by atoms with Gasteiger partial charge >= 0.3 is 6.09 Å². The van der Waals surface area contributed by atoms with Crippen LogP contribution in [0.3, 0.4) is 0 Å². The monoisotopic (exact) mass is 721 g/mol. The summed E-state index contributed by atoms with van der Waals surface area (Å²) in [4.78, 5) is 28.8. The molecule has 276 valence electrons. The van der Waals surface area contributed by atoms with E-state index in [1.54, 1.807) is 11.8 Å². The number of carbonyl (C=O) groups is 2. The molecule has 52 heavy (non-hydrogen) atoms. The highest BCUT2D eigenvalue weighted by Gasteiger charge is 2.56. The molecule has 0 bridgehead atoms. The van der Waals surface area contributed by atoms with Crippen LogP contribution in [0.25, 0.3) is 0 Å². The van der Waals surface area contributed by atoms with Crippen molar-refractivity contribution in [3.05, 3.63) is 132 Å². The standard InChI is InChI=1S/C44H55NO6Si/c1-33(46)28-29-38-40(48-30-34-20-12-8-13-21-34)41(49-31-35-22-14-9-15-23-35)39(45(38)42(47)51-43(2,3)4)32-50-52(44(5,6)7,36-24-16-10-17-25-36)37-26-18-11-19-27-37/h8-27,38-41H,28-32H2,1-7H3/t38-,39-,40-,41-/m1/s1. The molecule has 0 unspecified atom stereocenters. The normalized spacial score (nSPS) is 19.4. The van der Waals surface area contributed by atoms with Crippen LogP contribution < -0.4 is 10.4 Å². The zero-order chi connectivity index (χ0) is 37.4. The molecule has 1 aliphatic heterocycles. The number of nitrogens with zero attached hydrogens (tertiary/aromatic N) is 1. The fourth-order valence-corrected chi connectivity index (χ4v) is 11.9. The van der Waals surface area contributed by atoms with Gasteiger partial charge in [0.15, 0.2) is 0 Å². The van der Waals surface area contributed by atoms with Gasteiger partial charge in [-0.2, -0.15) is 0 Å². The zero-order valence-electron chi connectivity index (χ0n) is 31.8. The molecule has 1 fully saturated rings. The molecule has 1 aliphatic rings. The highest BCUT2D eigenvalue weighted by atomic mass is 28.4. The SMILES string of the molecule is CC(=O)CC[C@@H]1[C@@H](OCc2ccccc2)[C@H](OCc2ccccc2)[C@@H](CO[Si](c2ccccc2)(c2ccccc2)C(C)(C)C)N1C(=O)OC(C)(C)C. The van der Waals surface area contributed by atoms with Crippen LogP contribution in [0, 0.1) is 0 Å². The predicted octanol–water partition coefficient (Wildman–Crippen LogP) is 8.09. The Kier molecular flexibility index (Phi) is 12.9. The smallest absolute Gasteiger partial charge is 0.411 e. The molecule has 1 heterocycles. The fourth-order valence-electron chi connectivity index (χ4n) is 7.33. The summed E-state index contributed by atoms with van der Waals surface area (Å²) in [5.74, 6) is 0.0414. The molecule has 1 saturated heterocycles. The first-order valence-electron chi connectivity index (χ1n) is 18.4. The molecule has 0 aliphatic carbocycles. The predicted molar refractivity (Wildman–Crippen MR) is 209 cm³/mol. The van der Waals surface area contributed by atoms with Crippen molar-refractivity contribution in [2.45, 2.75) is 109 Å². The number of rotatable bonds is 14. The quantitative estimate of drug-likeness (QED) is 0.123. The number of Topliss-reactive ketones (excluding diaryl/α,β-unsaturated/α-hetero) is 1. The molecule has 5 rings (SSSR count). The van der Waals surface area contributed by atoms with E-state index in [0.717, 1.165) is 21.5 Å². The van der Waals surface area contributed by atoms with E-state index in [9.17, 15) is 9.59 Å². The third-order valence-electron chi connectivity index (χ3n) is 9.65. The maximum absolute atomic E-state index is 14.5. The molecule has 4 aromatic rings. The molecule has 8 heteroatoms. The lowest BCUT2D eigenvalue weighted by Crippen LogP contribution is -2.67. The van der Waals surface area contributed by atoms with Crippen molar-refractivity contribution in [1.82, 2.24) is 4.90 Å². The van der Waals surface area contributed by atoms with Gasteiger partial charge in [0.1, 0.15) is 23.6 Å². The van der Waals surface area contributed by atoms with Crippen molar-refractivity contribution < 1.29 is 28.2 Å². The van der Waals surface area contributed by atoms with E-state index in [-0.39, 0.29) is 23.8 Å². The van der Waals surface area contributed by atoms with Crippen LogP contribution in [0.2, 0.25) is 5.04 Å². The summed E-state index contributed by atoms with van der Waals surface area (Å²) in [6, 6.07) is 39.9. The summed E-state index contributed by atoms with van der Waals surface area (Å²) in [5.41, 5.74) is 1.26. The van der Waals surface area contributed by atoms with Gasteiger partial charge in [0.2, 0.25) is 0 Å². The van der Waals surface area contributed by atoms with Gasteiger partial charge in [-0.3, -0.25) is 4.90 Å².